The van der Waals surface area contributed by atoms with Crippen LogP contribution in [0.3, 0.4) is 0 Å². The van der Waals surface area contributed by atoms with Crippen LogP contribution in [0, 0.1) is 0 Å². The summed E-state index contributed by atoms with van der Waals surface area (Å²) in [5, 5.41) is 0. The number of unbranched alkanes of at least 4 members (excludes halogenated alkanes) is 6. The van der Waals surface area contributed by atoms with Crippen LogP contribution >= 0.6 is 11.1 Å². The minimum absolute atomic E-state index is 0.702. The molecule has 0 heterocycles. The van der Waals surface area contributed by atoms with Crippen LogP contribution in [0.25, 0.3) is 0 Å². The van der Waals surface area contributed by atoms with Gasteiger partial charge in [-0.05, 0) is 43.3 Å². The standard InChI is InChI=1S/C17H33ClSi/c1-5-7-9-11-13-15-19(18,17(3)4)16-14-12-10-8-6-2/h5-6,17H,1-2,7-16H2,3-4H3. The second-order valence-electron chi connectivity index (χ2n) is 5.97. The van der Waals surface area contributed by atoms with E-state index >= 15 is 0 Å². The number of allylic oxidation sites excluding steroid dienone is 2. The van der Waals surface area contributed by atoms with Crippen molar-refractivity contribution in [2.24, 2.45) is 0 Å². The zero-order chi connectivity index (χ0) is 14.6. The van der Waals surface area contributed by atoms with E-state index in [4.69, 9.17) is 11.1 Å². The molecule has 19 heavy (non-hydrogen) atoms. The molecule has 0 rings (SSSR count). The summed E-state index contributed by atoms with van der Waals surface area (Å²) in [6.45, 7) is 12.2. The summed E-state index contributed by atoms with van der Waals surface area (Å²) in [5.41, 5.74) is 0.702. The van der Waals surface area contributed by atoms with Crippen molar-refractivity contribution in [2.75, 3.05) is 0 Å². The lowest BCUT2D eigenvalue weighted by molar-refractivity contribution is 0.701. The van der Waals surface area contributed by atoms with E-state index in [0.717, 1.165) is 12.8 Å². The Morgan fingerprint density at radius 2 is 1.26 bits per heavy atom. The molecule has 0 nitrogen and oxygen atoms in total. The minimum Gasteiger partial charge on any atom is -0.167 e. The molecule has 0 saturated heterocycles. The molecule has 0 fully saturated rings. The molecule has 0 aliphatic heterocycles. The van der Waals surface area contributed by atoms with Crippen molar-refractivity contribution < 1.29 is 0 Å². The summed E-state index contributed by atoms with van der Waals surface area (Å²) >= 11 is 7.00. The van der Waals surface area contributed by atoms with Gasteiger partial charge in [0.2, 0.25) is 0 Å². The van der Waals surface area contributed by atoms with Crippen molar-refractivity contribution >= 4 is 18.5 Å². The Labute approximate surface area is 127 Å². The minimum atomic E-state index is -1.53. The highest BCUT2D eigenvalue weighted by Gasteiger charge is 2.33. The van der Waals surface area contributed by atoms with E-state index in [0.29, 0.717) is 5.54 Å². The largest absolute Gasteiger partial charge is 0.167 e. The first kappa shape index (κ1) is 19.0. The molecular formula is C17H33ClSi. The molecular weight excluding hydrogens is 268 g/mol. The number of rotatable bonds is 13. The Hall–Kier alpha value is -0.0131. The maximum absolute atomic E-state index is 7.00. The van der Waals surface area contributed by atoms with Crippen LogP contribution in [0.5, 0.6) is 0 Å². The van der Waals surface area contributed by atoms with Crippen LogP contribution in [0.15, 0.2) is 25.3 Å². The fourth-order valence-electron chi connectivity index (χ4n) is 2.47. The van der Waals surface area contributed by atoms with E-state index in [1.165, 1.54) is 50.6 Å². The summed E-state index contributed by atoms with van der Waals surface area (Å²) in [6.07, 6.45) is 14.2. The second kappa shape index (κ2) is 11.8. The van der Waals surface area contributed by atoms with Crippen LogP contribution in [0.2, 0.25) is 17.6 Å². The van der Waals surface area contributed by atoms with Crippen LogP contribution < -0.4 is 0 Å². The van der Waals surface area contributed by atoms with Gasteiger partial charge in [-0.2, -0.15) is 11.1 Å². The third-order valence-corrected chi connectivity index (χ3v) is 10.9. The third-order valence-electron chi connectivity index (χ3n) is 4.04. The van der Waals surface area contributed by atoms with Gasteiger partial charge in [0.15, 0.2) is 7.38 Å². The molecule has 0 N–H and O–H groups in total. The molecule has 0 saturated carbocycles. The molecule has 0 aromatic carbocycles. The summed E-state index contributed by atoms with van der Waals surface area (Å²) in [5.74, 6) is 0. The van der Waals surface area contributed by atoms with E-state index in [9.17, 15) is 0 Å². The zero-order valence-electron chi connectivity index (χ0n) is 13.1. The van der Waals surface area contributed by atoms with E-state index < -0.39 is 7.38 Å². The first-order valence-corrected chi connectivity index (χ1v) is 11.5. The predicted octanol–water partition coefficient (Wildman–Crippen LogP) is 7.07. The van der Waals surface area contributed by atoms with Gasteiger partial charge in [0.25, 0.3) is 0 Å². The highest BCUT2D eigenvalue weighted by atomic mass is 35.6. The van der Waals surface area contributed by atoms with Gasteiger partial charge in [0, 0.05) is 0 Å². The van der Waals surface area contributed by atoms with E-state index in [1.54, 1.807) is 0 Å². The molecule has 0 unspecified atom stereocenters. The van der Waals surface area contributed by atoms with Gasteiger partial charge in [0.05, 0.1) is 0 Å². The van der Waals surface area contributed by atoms with Crippen molar-refractivity contribution in [1.82, 2.24) is 0 Å². The van der Waals surface area contributed by atoms with E-state index in [2.05, 4.69) is 27.0 Å². The monoisotopic (exact) mass is 300 g/mol. The van der Waals surface area contributed by atoms with Crippen molar-refractivity contribution in [3.05, 3.63) is 25.3 Å². The Kier molecular flexibility index (Phi) is 11.8. The first-order valence-electron chi connectivity index (χ1n) is 7.97. The van der Waals surface area contributed by atoms with Gasteiger partial charge < -0.3 is 0 Å². The highest BCUT2D eigenvalue weighted by Crippen LogP contribution is 2.36. The van der Waals surface area contributed by atoms with Gasteiger partial charge in [-0.3, -0.25) is 0 Å². The third kappa shape index (κ3) is 9.51. The molecule has 0 radical (unpaired) electrons. The van der Waals surface area contributed by atoms with Crippen molar-refractivity contribution in [3.63, 3.8) is 0 Å². The fraction of sp³-hybridized carbons (Fsp3) is 0.765. The lowest BCUT2D eigenvalue weighted by Crippen LogP contribution is -2.30. The molecule has 0 atom stereocenters. The van der Waals surface area contributed by atoms with E-state index in [1.807, 2.05) is 12.2 Å². The fourth-order valence-corrected chi connectivity index (χ4v) is 6.35. The van der Waals surface area contributed by atoms with Crippen molar-refractivity contribution in [1.29, 1.82) is 0 Å². The van der Waals surface area contributed by atoms with Gasteiger partial charge >= 0.3 is 0 Å². The molecule has 0 aromatic rings. The van der Waals surface area contributed by atoms with Gasteiger partial charge in [-0.25, -0.2) is 0 Å². The lowest BCUT2D eigenvalue weighted by Gasteiger charge is -2.28. The quantitative estimate of drug-likeness (QED) is 0.148. The second-order valence-corrected chi connectivity index (χ2v) is 12.4. The summed E-state index contributed by atoms with van der Waals surface area (Å²) in [7, 11) is -1.53. The Morgan fingerprint density at radius 3 is 1.58 bits per heavy atom. The topological polar surface area (TPSA) is 0 Å². The van der Waals surface area contributed by atoms with Gasteiger partial charge in [-0.15, -0.1) is 13.2 Å². The average molecular weight is 301 g/mol. The maximum Gasteiger partial charge on any atom is 0.159 e. The average Bonchev–Trinajstić information content (AvgIpc) is 2.38. The molecule has 0 amide bonds. The van der Waals surface area contributed by atoms with Crippen molar-refractivity contribution in [2.45, 2.75) is 82.8 Å². The predicted molar refractivity (Wildman–Crippen MR) is 93.6 cm³/mol. The summed E-state index contributed by atoms with van der Waals surface area (Å²) in [4.78, 5) is 0. The molecule has 0 spiro atoms. The Morgan fingerprint density at radius 1 is 0.842 bits per heavy atom. The van der Waals surface area contributed by atoms with Crippen LogP contribution in [-0.4, -0.2) is 7.38 Å². The number of hydrogen-bond acceptors (Lipinski definition) is 0. The highest BCUT2D eigenvalue weighted by molar-refractivity contribution is 7.21. The zero-order valence-corrected chi connectivity index (χ0v) is 14.9. The van der Waals surface area contributed by atoms with Crippen LogP contribution in [0.4, 0.5) is 0 Å². The van der Waals surface area contributed by atoms with Gasteiger partial charge in [-0.1, -0.05) is 51.7 Å². The molecule has 0 aliphatic carbocycles. The molecule has 0 aromatic heterocycles. The summed E-state index contributed by atoms with van der Waals surface area (Å²) < 4.78 is 0. The van der Waals surface area contributed by atoms with E-state index in [-0.39, 0.29) is 0 Å². The molecule has 112 valence electrons. The normalized spacial score (nSPS) is 11.8. The SMILES string of the molecule is C=CCCCCC[Si](Cl)(CCCCCC=C)C(C)C. The van der Waals surface area contributed by atoms with Crippen LogP contribution in [0.1, 0.15) is 65.2 Å². The maximum atomic E-state index is 7.00. The smallest absolute Gasteiger partial charge is 0.159 e. The summed E-state index contributed by atoms with van der Waals surface area (Å²) in [6, 6.07) is 2.59. The lowest BCUT2D eigenvalue weighted by atomic mass is 10.2. The molecule has 0 bridgehead atoms. The number of hydrogen-bond donors (Lipinski definition) is 0. The molecule has 0 aliphatic rings. The van der Waals surface area contributed by atoms with Gasteiger partial charge in [0.1, 0.15) is 0 Å². The first-order chi connectivity index (χ1) is 9.06. The van der Waals surface area contributed by atoms with Crippen molar-refractivity contribution in [3.8, 4) is 0 Å². The molecule has 2 heteroatoms. The number of halogens is 1. The Balaban J connectivity index is 3.90. The van der Waals surface area contributed by atoms with Crippen LogP contribution in [-0.2, 0) is 0 Å². The Bertz CT molecular complexity index is 217.